The van der Waals surface area contributed by atoms with Gasteiger partial charge in [-0.2, -0.15) is 0 Å². The van der Waals surface area contributed by atoms with Crippen LogP contribution in [0.25, 0.3) is 0 Å². The van der Waals surface area contributed by atoms with Crippen LogP contribution in [0, 0.1) is 0 Å². The average Bonchev–Trinajstić information content (AvgIpc) is 2.53. The molecule has 0 radical (unpaired) electrons. The Hall–Kier alpha value is -0.280. The SMILES string of the molecule is CCC(O)C(N1CCCCC1)C1(c2ccc(Cl)c(Cl)c2)CCC1. The van der Waals surface area contributed by atoms with Gasteiger partial charge in [0, 0.05) is 11.5 Å². The summed E-state index contributed by atoms with van der Waals surface area (Å²) in [6.45, 7) is 4.29. The van der Waals surface area contributed by atoms with E-state index in [9.17, 15) is 5.11 Å². The number of aliphatic hydroxyl groups excluding tert-OH is 1. The van der Waals surface area contributed by atoms with Crippen molar-refractivity contribution >= 4 is 23.2 Å². The Morgan fingerprint density at radius 2 is 1.78 bits per heavy atom. The van der Waals surface area contributed by atoms with Crippen molar-refractivity contribution in [2.45, 2.75) is 69.4 Å². The van der Waals surface area contributed by atoms with Gasteiger partial charge in [-0.3, -0.25) is 4.90 Å². The summed E-state index contributed by atoms with van der Waals surface area (Å²) in [6.07, 6.45) is 7.78. The van der Waals surface area contributed by atoms with Gasteiger partial charge >= 0.3 is 0 Å². The molecule has 3 rings (SSSR count). The first-order chi connectivity index (χ1) is 11.1. The van der Waals surface area contributed by atoms with Gasteiger partial charge in [-0.1, -0.05) is 49.0 Å². The Bertz CT molecular complexity index is 538. The predicted octanol–water partition coefficient (Wildman–Crippen LogP) is 5.04. The van der Waals surface area contributed by atoms with Gasteiger partial charge < -0.3 is 5.11 Å². The lowest BCUT2D eigenvalue weighted by Crippen LogP contribution is -2.60. The van der Waals surface area contributed by atoms with Gasteiger partial charge in [0.2, 0.25) is 0 Å². The van der Waals surface area contributed by atoms with E-state index in [1.54, 1.807) is 0 Å². The van der Waals surface area contributed by atoms with E-state index in [4.69, 9.17) is 23.2 Å². The van der Waals surface area contributed by atoms with Gasteiger partial charge in [0.05, 0.1) is 16.1 Å². The number of halogens is 2. The van der Waals surface area contributed by atoms with Crippen LogP contribution >= 0.6 is 23.2 Å². The highest BCUT2D eigenvalue weighted by atomic mass is 35.5. The second kappa shape index (κ2) is 7.31. The van der Waals surface area contributed by atoms with E-state index in [0.717, 1.165) is 32.4 Å². The van der Waals surface area contributed by atoms with Crippen LogP contribution in [0.15, 0.2) is 18.2 Å². The van der Waals surface area contributed by atoms with Gasteiger partial charge in [-0.15, -0.1) is 0 Å². The Balaban J connectivity index is 1.97. The van der Waals surface area contributed by atoms with E-state index >= 15 is 0 Å². The molecule has 1 aromatic carbocycles. The molecule has 2 nitrogen and oxygen atoms in total. The third-order valence-corrected chi connectivity index (χ3v) is 6.61. The zero-order valence-corrected chi connectivity index (χ0v) is 15.4. The van der Waals surface area contributed by atoms with Crippen LogP contribution in [-0.2, 0) is 5.41 Å². The maximum atomic E-state index is 10.9. The van der Waals surface area contributed by atoms with E-state index in [0.29, 0.717) is 10.0 Å². The summed E-state index contributed by atoms with van der Waals surface area (Å²) in [4.78, 5) is 2.54. The molecule has 2 atom stereocenters. The lowest BCUT2D eigenvalue weighted by Gasteiger charge is -2.54. The van der Waals surface area contributed by atoms with Crippen molar-refractivity contribution in [2.75, 3.05) is 13.1 Å². The van der Waals surface area contributed by atoms with Gasteiger partial charge in [0.1, 0.15) is 0 Å². The molecule has 128 valence electrons. The van der Waals surface area contributed by atoms with E-state index in [1.165, 1.54) is 31.2 Å². The first-order valence-corrected chi connectivity index (χ1v) is 9.72. The minimum Gasteiger partial charge on any atom is -0.391 e. The number of nitrogens with zero attached hydrogens (tertiary/aromatic N) is 1. The van der Waals surface area contributed by atoms with Gasteiger partial charge in [0.25, 0.3) is 0 Å². The van der Waals surface area contributed by atoms with Crippen LogP contribution in [0.1, 0.15) is 57.4 Å². The van der Waals surface area contributed by atoms with Crippen molar-refractivity contribution in [2.24, 2.45) is 0 Å². The maximum absolute atomic E-state index is 10.9. The molecule has 1 saturated heterocycles. The number of benzene rings is 1. The molecule has 1 aliphatic carbocycles. The molecule has 4 heteroatoms. The van der Waals surface area contributed by atoms with Crippen LogP contribution in [0.5, 0.6) is 0 Å². The van der Waals surface area contributed by atoms with Crippen molar-refractivity contribution in [3.63, 3.8) is 0 Å². The minimum atomic E-state index is -0.289. The third kappa shape index (κ3) is 3.28. The van der Waals surface area contributed by atoms with Crippen LogP contribution in [0.2, 0.25) is 10.0 Å². The van der Waals surface area contributed by atoms with Crippen LogP contribution < -0.4 is 0 Å². The number of aliphatic hydroxyl groups is 1. The van der Waals surface area contributed by atoms with Crippen molar-refractivity contribution in [3.8, 4) is 0 Å². The Labute approximate surface area is 149 Å². The summed E-state index contributed by atoms with van der Waals surface area (Å²) in [5.41, 5.74) is 1.28. The quantitative estimate of drug-likeness (QED) is 0.799. The summed E-state index contributed by atoms with van der Waals surface area (Å²) >= 11 is 12.4. The maximum Gasteiger partial charge on any atom is 0.0701 e. The first-order valence-electron chi connectivity index (χ1n) is 8.96. The summed E-state index contributed by atoms with van der Waals surface area (Å²) in [5, 5.41) is 12.1. The summed E-state index contributed by atoms with van der Waals surface area (Å²) in [7, 11) is 0. The summed E-state index contributed by atoms with van der Waals surface area (Å²) < 4.78 is 0. The number of rotatable bonds is 5. The fourth-order valence-corrected chi connectivity index (χ4v) is 4.80. The molecule has 0 aromatic heterocycles. The summed E-state index contributed by atoms with van der Waals surface area (Å²) in [5.74, 6) is 0. The smallest absolute Gasteiger partial charge is 0.0701 e. The predicted molar refractivity (Wildman–Crippen MR) is 97.5 cm³/mol. The van der Waals surface area contributed by atoms with E-state index in [2.05, 4.69) is 17.9 Å². The molecule has 0 spiro atoms. The van der Waals surface area contributed by atoms with Crippen LogP contribution in [0.4, 0.5) is 0 Å². The van der Waals surface area contributed by atoms with Crippen molar-refractivity contribution in [1.82, 2.24) is 4.90 Å². The Morgan fingerprint density at radius 3 is 2.30 bits per heavy atom. The molecule has 1 saturated carbocycles. The number of hydrogen-bond donors (Lipinski definition) is 1. The highest BCUT2D eigenvalue weighted by molar-refractivity contribution is 6.42. The molecular formula is C19H27Cl2NO. The molecule has 2 aliphatic rings. The number of hydrogen-bond acceptors (Lipinski definition) is 2. The van der Waals surface area contributed by atoms with E-state index in [1.807, 2.05) is 12.1 Å². The zero-order chi connectivity index (χ0) is 16.4. The van der Waals surface area contributed by atoms with Crippen molar-refractivity contribution in [1.29, 1.82) is 0 Å². The van der Waals surface area contributed by atoms with E-state index in [-0.39, 0.29) is 17.6 Å². The molecule has 0 bridgehead atoms. The fourth-order valence-electron chi connectivity index (χ4n) is 4.50. The molecule has 23 heavy (non-hydrogen) atoms. The van der Waals surface area contributed by atoms with Gasteiger partial charge in [-0.25, -0.2) is 0 Å². The molecule has 1 heterocycles. The summed E-state index contributed by atoms with van der Waals surface area (Å²) in [6, 6.07) is 6.25. The second-order valence-corrected chi connectivity index (χ2v) is 7.97. The molecule has 1 N–H and O–H groups in total. The Morgan fingerprint density at radius 1 is 1.09 bits per heavy atom. The van der Waals surface area contributed by atoms with Crippen LogP contribution in [0.3, 0.4) is 0 Å². The number of piperidine rings is 1. The van der Waals surface area contributed by atoms with Crippen molar-refractivity contribution in [3.05, 3.63) is 33.8 Å². The monoisotopic (exact) mass is 355 g/mol. The molecule has 1 aromatic rings. The zero-order valence-electron chi connectivity index (χ0n) is 13.9. The third-order valence-electron chi connectivity index (χ3n) is 5.87. The molecular weight excluding hydrogens is 329 g/mol. The lowest BCUT2D eigenvalue weighted by atomic mass is 9.58. The highest BCUT2D eigenvalue weighted by Crippen LogP contribution is 2.50. The standard InChI is InChI=1S/C19H27Cl2NO/c1-2-17(23)18(22-11-4-3-5-12-22)19(9-6-10-19)14-7-8-15(20)16(21)13-14/h7-8,13,17-18,23H,2-6,9-12H2,1H3. The second-order valence-electron chi connectivity index (χ2n) is 7.16. The normalized spacial score (nSPS) is 24.0. The number of likely N-dealkylation sites (tertiary alicyclic amines) is 1. The molecule has 0 amide bonds. The lowest BCUT2D eigenvalue weighted by molar-refractivity contribution is -0.0361. The first kappa shape index (κ1) is 17.5. The van der Waals surface area contributed by atoms with Gasteiger partial charge in [0.15, 0.2) is 0 Å². The van der Waals surface area contributed by atoms with Gasteiger partial charge in [-0.05, 0) is 62.9 Å². The Kier molecular flexibility index (Phi) is 5.57. The average molecular weight is 356 g/mol. The van der Waals surface area contributed by atoms with Crippen LogP contribution in [-0.4, -0.2) is 35.2 Å². The fraction of sp³-hybridized carbons (Fsp3) is 0.684. The topological polar surface area (TPSA) is 23.5 Å². The largest absolute Gasteiger partial charge is 0.391 e. The van der Waals surface area contributed by atoms with Crippen molar-refractivity contribution < 1.29 is 5.11 Å². The van der Waals surface area contributed by atoms with E-state index < -0.39 is 0 Å². The molecule has 1 aliphatic heterocycles. The highest BCUT2D eigenvalue weighted by Gasteiger charge is 2.50. The molecule has 2 fully saturated rings. The minimum absolute atomic E-state index is 0.0288. The molecule has 2 unspecified atom stereocenters.